The second-order valence-electron chi connectivity index (χ2n) is 5.58. The van der Waals surface area contributed by atoms with Gasteiger partial charge in [0.05, 0.1) is 6.54 Å². The summed E-state index contributed by atoms with van der Waals surface area (Å²) in [6.07, 6.45) is 0. The van der Waals surface area contributed by atoms with E-state index in [4.69, 9.17) is 0 Å². The Labute approximate surface area is 138 Å². The molecule has 0 saturated carbocycles. The number of fused-ring (bicyclic) bond motifs is 1. The zero-order chi connectivity index (χ0) is 16.4. The summed E-state index contributed by atoms with van der Waals surface area (Å²) in [4.78, 5) is 13.7. The summed E-state index contributed by atoms with van der Waals surface area (Å²) < 4.78 is 1.70. The smallest absolute Gasteiger partial charge is 0.239 e. The number of thiophene rings is 1. The lowest BCUT2D eigenvalue weighted by molar-refractivity contribution is -0.120. The van der Waals surface area contributed by atoms with Gasteiger partial charge in [-0.05, 0) is 37.4 Å². The number of anilines is 1. The van der Waals surface area contributed by atoms with Crippen LogP contribution in [0.4, 0.5) is 5.82 Å². The van der Waals surface area contributed by atoms with Gasteiger partial charge in [-0.15, -0.1) is 15.3 Å². The van der Waals surface area contributed by atoms with Gasteiger partial charge in [0, 0.05) is 24.0 Å². The molecule has 0 unspecified atom stereocenters. The molecule has 3 aromatic heterocycles. The highest BCUT2D eigenvalue weighted by atomic mass is 32.1. The van der Waals surface area contributed by atoms with Crippen LogP contribution >= 0.6 is 11.3 Å². The van der Waals surface area contributed by atoms with Crippen LogP contribution in [0.15, 0.2) is 29.0 Å². The van der Waals surface area contributed by atoms with Gasteiger partial charge in [-0.3, -0.25) is 4.79 Å². The first-order chi connectivity index (χ1) is 11.0. The van der Waals surface area contributed by atoms with E-state index < -0.39 is 0 Å². The van der Waals surface area contributed by atoms with Crippen molar-refractivity contribution < 1.29 is 4.79 Å². The summed E-state index contributed by atoms with van der Waals surface area (Å²) >= 11 is 1.60. The third-order valence-electron chi connectivity index (χ3n) is 3.25. The van der Waals surface area contributed by atoms with E-state index in [2.05, 4.69) is 20.6 Å². The molecule has 3 heterocycles. The zero-order valence-electron chi connectivity index (χ0n) is 13.2. The van der Waals surface area contributed by atoms with Crippen LogP contribution in [0.2, 0.25) is 0 Å². The van der Waals surface area contributed by atoms with Crippen LogP contribution in [-0.4, -0.2) is 45.4 Å². The van der Waals surface area contributed by atoms with Crippen LogP contribution in [0.1, 0.15) is 13.8 Å². The number of hydrogen-bond acceptors (Lipinski definition) is 6. The predicted octanol–water partition coefficient (Wildman–Crippen LogP) is 1.81. The van der Waals surface area contributed by atoms with Crippen LogP contribution in [0, 0.1) is 0 Å². The largest absolute Gasteiger partial charge is 0.352 e. The molecular formula is C15H18N6OS. The van der Waals surface area contributed by atoms with Crippen molar-refractivity contribution in [3.05, 3.63) is 29.0 Å². The van der Waals surface area contributed by atoms with Crippen LogP contribution < -0.4 is 10.2 Å². The predicted molar refractivity (Wildman–Crippen MR) is 90.6 cm³/mol. The Balaban J connectivity index is 1.87. The first kappa shape index (κ1) is 15.4. The van der Waals surface area contributed by atoms with Crippen molar-refractivity contribution in [3.8, 4) is 11.4 Å². The van der Waals surface area contributed by atoms with E-state index in [1.807, 2.05) is 49.9 Å². The molecular weight excluding hydrogens is 312 g/mol. The van der Waals surface area contributed by atoms with Crippen LogP contribution in [0.3, 0.4) is 0 Å². The number of carbonyl (C=O) groups is 1. The van der Waals surface area contributed by atoms with E-state index in [1.165, 1.54) is 0 Å². The molecule has 120 valence electrons. The molecule has 0 saturated heterocycles. The molecule has 0 aromatic carbocycles. The second kappa shape index (κ2) is 6.33. The Morgan fingerprint density at radius 3 is 2.87 bits per heavy atom. The molecule has 0 spiro atoms. The third kappa shape index (κ3) is 3.31. The molecule has 0 radical (unpaired) electrons. The lowest BCUT2D eigenvalue weighted by Crippen LogP contribution is -2.38. The van der Waals surface area contributed by atoms with Crippen LogP contribution in [0.5, 0.6) is 0 Å². The molecule has 3 rings (SSSR count). The van der Waals surface area contributed by atoms with Crippen LogP contribution in [-0.2, 0) is 4.79 Å². The fourth-order valence-corrected chi connectivity index (χ4v) is 2.85. The lowest BCUT2D eigenvalue weighted by Gasteiger charge is -2.18. The van der Waals surface area contributed by atoms with Gasteiger partial charge in [0.1, 0.15) is 5.82 Å². The van der Waals surface area contributed by atoms with Crippen molar-refractivity contribution in [1.82, 2.24) is 25.1 Å². The molecule has 0 aliphatic rings. The monoisotopic (exact) mass is 330 g/mol. The number of likely N-dealkylation sites (N-methyl/N-ethyl adjacent to an activating group) is 1. The molecule has 0 aliphatic heterocycles. The summed E-state index contributed by atoms with van der Waals surface area (Å²) in [5.41, 5.74) is 1.65. The Hall–Kier alpha value is -2.48. The summed E-state index contributed by atoms with van der Waals surface area (Å²) in [5, 5.41) is 19.8. The van der Waals surface area contributed by atoms with Gasteiger partial charge in [-0.2, -0.15) is 15.9 Å². The number of nitrogens with one attached hydrogen (secondary N) is 1. The van der Waals surface area contributed by atoms with E-state index in [1.54, 1.807) is 20.8 Å². The quantitative estimate of drug-likeness (QED) is 0.772. The van der Waals surface area contributed by atoms with Gasteiger partial charge < -0.3 is 10.2 Å². The number of aromatic nitrogens is 4. The Morgan fingerprint density at radius 2 is 2.17 bits per heavy atom. The highest BCUT2D eigenvalue weighted by Crippen LogP contribution is 2.21. The van der Waals surface area contributed by atoms with Crippen molar-refractivity contribution in [3.63, 3.8) is 0 Å². The molecule has 0 fully saturated rings. The fourth-order valence-electron chi connectivity index (χ4n) is 2.22. The lowest BCUT2D eigenvalue weighted by atomic mass is 10.3. The molecule has 7 nitrogen and oxygen atoms in total. The van der Waals surface area contributed by atoms with Crippen molar-refractivity contribution in [2.75, 3.05) is 18.5 Å². The number of hydrogen-bond donors (Lipinski definition) is 1. The maximum absolute atomic E-state index is 11.9. The molecule has 0 aliphatic carbocycles. The average Bonchev–Trinajstić information content (AvgIpc) is 3.14. The Morgan fingerprint density at radius 1 is 1.35 bits per heavy atom. The highest BCUT2D eigenvalue weighted by molar-refractivity contribution is 7.08. The summed E-state index contributed by atoms with van der Waals surface area (Å²) in [5.74, 6) is 1.35. The van der Waals surface area contributed by atoms with Gasteiger partial charge in [0.2, 0.25) is 5.91 Å². The topological polar surface area (TPSA) is 75.4 Å². The van der Waals surface area contributed by atoms with Gasteiger partial charge >= 0.3 is 0 Å². The Kier molecular flexibility index (Phi) is 4.24. The Bertz CT molecular complexity index is 811. The first-order valence-corrected chi connectivity index (χ1v) is 8.24. The van der Waals surface area contributed by atoms with Crippen LogP contribution in [0.25, 0.3) is 17.0 Å². The molecule has 23 heavy (non-hydrogen) atoms. The number of carbonyl (C=O) groups excluding carboxylic acids is 1. The number of nitrogens with zero attached hydrogens (tertiary/aromatic N) is 5. The zero-order valence-corrected chi connectivity index (χ0v) is 14.0. The molecule has 1 amide bonds. The van der Waals surface area contributed by atoms with E-state index >= 15 is 0 Å². The molecule has 3 aromatic rings. The molecule has 0 bridgehead atoms. The normalized spacial score (nSPS) is 11.1. The molecule has 0 atom stereocenters. The van der Waals surface area contributed by atoms with E-state index in [-0.39, 0.29) is 18.5 Å². The maximum Gasteiger partial charge on any atom is 0.239 e. The number of amides is 1. The maximum atomic E-state index is 11.9. The minimum absolute atomic E-state index is 0.0359. The van der Waals surface area contributed by atoms with Crippen molar-refractivity contribution in [2.45, 2.75) is 19.9 Å². The minimum atomic E-state index is -0.0359. The summed E-state index contributed by atoms with van der Waals surface area (Å²) in [6, 6.07) is 5.79. The fraction of sp³-hybridized carbons (Fsp3) is 0.333. The van der Waals surface area contributed by atoms with E-state index in [0.717, 1.165) is 5.56 Å². The number of rotatable bonds is 5. The second-order valence-corrected chi connectivity index (χ2v) is 6.36. The summed E-state index contributed by atoms with van der Waals surface area (Å²) in [7, 11) is 1.84. The van der Waals surface area contributed by atoms with E-state index in [0.29, 0.717) is 17.3 Å². The third-order valence-corrected chi connectivity index (χ3v) is 3.93. The average molecular weight is 330 g/mol. The van der Waals surface area contributed by atoms with Crippen molar-refractivity contribution in [2.24, 2.45) is 0 Å². The van der Waals surface area contributed by atoms with Crippen molar-refractivity contribution >= 4 is 28.7 Å². The summed E-state index contributed by atoms with van der Waals surface area (Å²) in [6.45, 7) is 4.12. The highest BCUT2D eigenvalue weighted by Gasteiger charge is 2.13. The first-order valence-electron chi connectivity index (χ1n) is 7.30. The van der Waals surface area contributed by atoms with Gasteiger partial charge in [0.15, 0.2) is 11.5 Å². The molecule has 8 heteroatoms. The standard InChI is InChI=1S/C15H18N6OS/c1-10(2)16-14(22)8-20(3)13-5-4-12-17-18-15(21(12)19-13)11-6-7-23-9-11/h4-7,9-10H,8H2,1-3H3,(H,16,22). The SMILES string of the molecule is CC(C)NC(=O)CN(C)c1ccc2nnc(-c3ccsc3)n2n1. The van der Waals surface area contributed by atoms with Gasteiger partial charge in [-0.1, -0.05) is 0 Å². The van der Waals surface area contributed by atoms with Gasteiger partial charge in [0.25, 0.3) is 0 Å². The molecule has 1 N–H and O–H groups in total. The minimum Gasteiger partial charge on any atom is -0.352 e. The van der Waals surface area contributed by atoms with Crippen molar-refractivity contribution in [1.29, 1.82) is 0 Å². The van der Waals surface area contributed by atoms with E-state index in [9.17, 15) is 4.79 Å². The van der Waals surface area contributed by atoms with Gasteiger partial charge in [-0.25, -0.2) is 0 Å².